The van der Waals surface area contributed by atoms with Crippen LogP contribution in [0.25, 0.3) is 0 Å². The summed E-state index contributed by atoms with van der Waals surface area (Å²) in [5, 5.41) is 8.72. The second-order valence-electron chi connectivity index (χ2n) is 4.53. The van der Waals surface area contributed by atoms with Crippen LogP contribution in [0.4, 0.5) is 0 Å². The molecule has 0 rings (SSSR count). The maximum Gasteiger partial charge on any atom is 0.303 e. The number of carbonyl (C=O) groups excluding carboxylic acids is 1. The Balaban J connectivity index is 4.39. The predicted octanol–water partition coefficient (Wildman–Crippen LogP) is 2.49. The SMILES string of the molecule is CCC(C)(CC(=O)O)CC(=O)C(C)C. The Morgan fingerprint density at radius 3 is 2.07 bits per heavy atom. The molecule has 82 valence electrons. The lowest BCUT2D eigenvalue weighted by Gasteiger charge is -2.26. The van der Waals surface area contributed by atoms with Crippen LogP contribution in [-0.4, -0.2) is 16.9 Å². The normalized spacial score (nSPS) is 15.2. The van der Waals surface area contributed by atoms with Crippen LogP contribution in [-0.2, 0) is 9.59 Å². The van der Waals surface area contributed by atoms with E-state index >= 15 is 0 Å². The number of carbonyl (C=O) groups is 2. The summed E-state index contributed by atoms with van der Waals surface area (Å²) >= 11 is 0. The van der Waals surface area contributed by atoms with Gasteiger partial charge in [-0.25, -0.2) is 0 Å². The Bertz CT molecular complexity index is 221. The maximum absolute atomic E-state index is 11.5. The van der Waals surface area contributed by atoms with Gasteiger partial charge in [-0.2, -0.15) is 0 Å². The summed E-state index contributed by atoms with van der Waals surface area (Å²) in [5.41, 5.74) is -0.382. The number of carboxylic acid groups (broad SMARTS) is 1. The van der Waals surface area contributed by atoms with E-state index in [0.29, 0.717) is 6.42 Å². The minimum Gasteiger partial charge on any atom is -0.481 e. The minimum atomic E-state index is -0.828. The van der Waals surface area contributed by atoms with E-state index in [0.717, 1.165) is 6.42 Å². The highest BCUT2D eigenvalue weighted by molar-refractivity contribution is 5.81. The number of hydrogen-bond acceptors (Lipinski definition) is 2. The molecule has 0 fully saturated rings. The zero-order valence-corrected chi connectivity index (χ0v) is 9.46. The first kappa shape index (κ1) is 13.1. The van der Waals surface area contributed by atoms with Crippen molar-refractivity contribution >= 4 is 11.8 Å². The minimum absolute atomic E-state index is 0.00494. The molecule has 0 aromatic rings. The molecule has 0 aromatic carbocycles. The van der Waals surface area contributed by atoms with Gasteiger partial charge in [-0.1, -0.05) is 27.7 Å². The fraction of sp³-hybridized carbons (Fsp3) is 0.818. The van der Waals surface area contributed by atoms with E-state index in [-0.39, 0.29) is 23.5 Å². The molecular formula is C11H20O3. The summed E-state index contributed by atoms with van der Waals surface area (Å²) in [6.45, 7) is 7.48. The average molecular weight is 200 g/mol. The molecule has 1 unspecified atom stereocenters. The lowest BCUT2D eigenvalue weighted by atomic mass is 9.78. The van der Waals surface area contributed by atoms with Crippen molar-refractivity contribution in [3.8, 4) is 0 Å². The van der Waals surface area contributed by atoms with Gasteiger partial charge in [-0.05, 0) is 11.8 Å². The van der Waals surface area contributed by atoms with Gasteiger partial charge in [0.05, 0.1) is 6.42 Å². The van der Waals surface area contributed by atoms with Crippen molar-refractivity contribution in [1.82, 2.24) is 0 Å². The van der Waals surface area contributed by atoms with Crippen molar-refractivity contribution in [2.75, 3.05) is 0 Å². The topological polar surface area (TPSA) is 54.4 Å². The van der Waals surface area contributed by atoms with E-state index < -0.39 is 5.97 Å². The highest BCUT2D eigenvalue weighted by atomic mass is 16.4. The largest absolute Gasteiger partial charge is 0.481 e. The molecule has 0 aliphatic heterocycles. The first-order valence-electron chi connectivity index (χ1n) is 5.05. The lowest BCUT2D eigenvalue weighted by molar-refractivity contribution is -0.140. The van der Waals surface area contributed by atoms with E-state index in [1.807, 2.05) is 27.7 Å². The van der Waals surface area contributed by atoms with Gasteiger partial charge in [0, 0.05) is 12.3 Å². The Morgan fingerprint density at radius 2 is 1.79 bits per heavy atom. The summed E-state index contributed by atoms with van der Waals surface area (Å²) < 4.78 is 0. The van der Waals surface area contributed by atoms with Crippen molar-refractivity contribution in [3.05, 3.63) is 0 Å². The summed E-state index contributed by atoms with van der Waals surface area (Å²) in [6, 6.07) is 0. The van der Waals surface area contributed by atoms with Crippen LogP contribution in [0.15, 0.2) is 0 Å². The molecule has 3 nitrogen and oxygen atoms in total. The molecule has 1 N–H and O–H groups in total. The second-order valence-corrected chi connectivity index (χ2v) is 4.53. The average Bonchev–Trinajstić information content (AvgIpc) is 2.02. The second kappa shape index (κ2) is 5.13. The predicted molar refractivity (Wildman–Crippen MR) is 55.1 cm³/mol. The van der Waals surface area contributed by atoms with Crippen LogP contribution >= 0.6 is 0 Å². The fourth-order valence-electron chi connectivity index (χ4n) is 1.30. The van der Waals surface area contributed by atoms with Crippen LogP contribution in [0.1, 0.15) is 47.0 Å². The molecule has 0 saturated carbocycles. The number of hydrogen-bond donors (Lipinski definition) is 1. The van der Waals surface area contributed by atoms with Crippen molar-refractivity contribution < 1.29 is 14.7 Å². The Kier molecular flexibility index (Phi) is 4.81. The molecule has 0 aromatic heterocycles. The monoisotopic (exact) mass is 200 g/mol. The van der Waals surface area contributed by atoms with Crippen LogP contribution < -0.4 is 0 Å². The molecule has 1 atom stereocenters. The Morgan fingerprint density at radius 1 is 1.29 bits per heavy atom. The molecule has 3 heteroatoms. The summed E-state index contributed by atoms with van der Waals surface area (Å²) in [7, 11) is 0. The number of ketones is 1. The first-order chi connectivity index (χ1) is 6.30. The van der Waals surface area contributed by atoms with E-state index in [4.69, 9.17) is 5.11 Å². The third-order valence-electron chi connectivity index (χ3n) is 2.68. The molecule has 0 bridgehead atoms. The molecule has 0 aliphatic carbocycles. The van der Waals surface area contributed by atoms with Crippen molar-refractivity contribution in [2.45, 2.75) is 47.0 Å². The van der Waals surface area contributed by atoms with E-state index in [9.17, 15) is 9.59 Å². The lowest BCUT2D eigenvalue weighted by Crippen LogP contribution is -2.25. The van der Waals surface area contributed by atoms with Gasteiger partial charge in [-0.3, -0.25) is 9.59 Å². The molecule has 0 amide bonds. The van der Waals surface area contributed by atoms with E-state index in [2.05, 4.69) is 0 Å². The molecule has 0 spiro atoms. The van der Waals surface area contributed by atoms with Gasteiger partial charge in [0.15, 0.2) is 0 Å². The molecular weight excluding hydrogens is 180 g/mol. The number of rotatable bonds is 6. The van der Waals surface area contributed by atoms with Gasteiger partial charge >= 0.3 is 5.97 Å². The van der Waals surface area contributed by atoms with Crippen LogP contribution in [0.2, 0.25) is 0 Å². The maximum atomic E-state index is 11.5. The third kappa shape index (κ3) is 4.40. The number of Topliss-reactive ketones (excluding diaryl/α,β-unsaturated/α-hetero) is 1. The van der Waals surface area contributed by atoms with Gasteiger partial charge in [-0.15, -0.1) is 0 Å². The van der Waals surface area contributed by atoms with Gasteiger partial charge in [0.2, 0.25) is 0 Å². The Labute approximate surface area is 85.5 Å². The highest BCUT2D eigenvalue weighted by Crippen LogP contribution is 2.31. The van der Waals surface area contributed by atoms with Gasteiger partial charge < -0.3 is 5.11 Å². The summed E-state index contributed by atoms with van der Waals surface area (Å²) in [5.74, 6) is -0.684. The summed E-state index contributed by atoms with van der Waals surface area (Å²) in [6.07, 6.45) is 1.16. The van der Waals surface area contributed by atoms with Crippen molar-refractivity contribution in [3.63, 3.8) is 0 Å². The molecule has 0 radical (unpaired) electrons. The summed E-state index contributed by atoms with van der Waals surface area (Å²) in [4.78, 5) is 22.1. The van der Waals surface area contributed by atoms with Crippen molar-refractivity contribution in [2.24, 2.45) is 11.3 Å². The standard InChI is InChI=1S/C11H20O3/c1-5-11(4,7-10(13)14)6-9(12)8(2)3/h8H,5-7H2,1-4H3,(H,13,14). The molecule has 0 heterocycles. The van der Waals surface area contributed by atoms with Gasteiger partial charge in [0.1, 0.15) is 5.78 Å². The van der Waals surface area contributed by atoms with Crippen LogP contribution in [0, 0.1) is 11.3 Å². The smallest absolute Gasteiger partial charge is 0.303 e. The van der Waals surface area contributed by atoms with Gasteiger partial charge in [0.25, 0.3) is 0 Å². The number of carboxylic acids is 1. The Hall–Kier alpha value is -0.860. The number of aliphatic carboxylic acids is 1. The van der Waals surface area contributed by atoms with Crippen LogP contribution in [0.3, 0.4) is 0 Å². The molecule has 0 aliphatic rings. The first-order valence-corrected chi connectivity index (χ1v) is 5.05. The molecule has 14 heavy (non-hydrogen) atoms. The third-order valence-corrected chi connectivity index (χ3v) is 2.68. The quantitative estimate of drug-likeness (QED) is 0.716. The van der Waals surface area contributed by atoms with E-state index in [1.165, 1.54) is 0 Å². The zero-order valence-electron chi connectivity index (χ0n) is 9.46. The fourth-order valence-corrected chi connectivity index (χ4v) is 1.30. The van der Waals surface area contributed by atoms with E-state index in [1.54, 1.807) is 0 Å². The highest BCUT2D eigenvalue weighted by Gasteiger charge is 2.29. The van der Waals surface area contributed by atoms with Crippen molar-refractivity contribution in [1.29, 1.82) is 0 Å². The van der Waals surface area contributed by atoms with Crippen LogP contribution in [0.5, 0.6) is 0 Å². The zero-order chi connectivity index (χ0) is 11.4. The molecule has 0 saturated heterocycles.